The van der Waals surface area contributed by atoms with Crippen LogP contribution in [0.15, 0.2) is 24.3 Å². The first-order valence-electron chi connectivity index (χ1n) is 7.09. The molecule has 0 radical (unpaired) electrons. The maximum atomic E-state index is 6.03. The minimum atomic E-state index is 0.737. The molecule has 0 saturated carbocycles. The number of benzene rings is 1. The van der Waals surface area contributed by atoms with Gasteiger partial charge in [0.1, 0.15) is 5.82 Å². The molecule has 4 heteroatoms. The second kappa shape index (κ2) is 5.90. The van der Waals surface area contributed by atoms with E-state index in [9.17, 15) is 0 Å². The summed E-state index contributed by atoms with van der Waals surface area (Å²) in [5.41, 5.74) is 4.87. The molecule has 0 saturated heterocycles. The van der Waals surface area contributed by atoms with E-state index >= 15 is 0 Å². The standard InChI is InChI=1S/C16H18ClN3/c1-2-14-13-6-7-18-10-15(13)20-16(19-14)9-11-4-3-5-12(17)8-11/h3-5,8,18H,2,6-7,9-10H2,1H3. The largest absolute Gasteiger partial charge is 0.311 e. The zero-order valence-corrected chi connectivity index (χ0v) is 12.4. The highest BCUT2D eigenvalue weighted by atomic mass is 35.5. The van der Waals surface area contributed by atoms with Gasteiger partial charge in [0.05, 0.1) is 5.69 Å². The van der Waals surface area contributed by atoms with E-state index in [-0.39, 0.29) is 0 Å². The molecule has 1 aromatic heterocycles. The molecule has 0 aliphatic carbocycles. The van der Waals surface area contributed by atoms with E-state index in [0.717, 1.165) is 48.8 Å². The van der Waals surface area contributed by atoms with Gasteiger partial charge < -0.3 is 5.32 Å². The Bertz CT molecular complexity index is 608. The molecule has 0 unspecified atom stereocenters. The van der Waals surface area contributed by atoms with Gasteiger partial charge in [-0.1, -0.05) is 30.7 Å². The second-order valence-corrected chi connectivity index (χ2v) is 5.54. The first-order chi connectivity index (χ1) is 9.76. The van der Waals surface area contributed by atoms with Gasteiger partial charge in [-0.25, -0.2) is 9.97 Å². The van der Waals surface area contributed by atoms with Crippen molar-refractivity contribution in [2.75, 3.05) is 6.54 Å². The van der Waals surface area contributed by atoms with E-state index in [2.05, 4.69) is 18.3 Å². The van der Waals surface area contributed by atoms with Crippen LogP contribution in [0.3, 0.4) is 0 Å². The predicted octanol–water partition coefficient (Wildman–Crippen LogP) is 2.93. The van der Waals surface area contributed by atoms with E-state index in [0.29, 0.717) is 0 Å². The summed E-state index contributed by atoms with van der Waals surface area (Å²) >= 11 is 6.03. The molecule has 2 aromatic rings. The van der Waals surface area contributed by atoms with E-state index in [1.807, 2.05) is 18.2 Å². The molecule has 2 heterocycles. The summed E-state index contributed by atoms with van der Waals surface area (Å²) in [4.78, 5) is 9.48. The lowest BCUT2D eigenvalue weighted by molar-refractivity contribution is 0.610. The molecule has 0 fully saturated rings. The van der Waals surface area contributed by atoms with E-state index in [1.54, 1.807) is 0 Å². The third-order valence-corrected chi connectivity index (χ3v) is 3.89. The number of nitrogens with zero attached hydrogens (tertiary/aromatic N) is 2. The van der Waals surface area contributed by atoms with E-state index in [4.69, 9.17) is 21.6 Å². The van der Waals surface area contributed by atoms with Crippen LogP contribution in [-0.4, -0.2) is 16.5 Å². The summed E-state index contributed by atoms with van der Waals surface area (Å²) in [6, 6.07) is 7.91. The summed E-state index contributed by atoms with van der Waals surface area (Å²) in [5.74, 6) is 0.895. The molecular formula is C16H18ClN3. The summed E-state index contributed by atoms with van der Waals surface area (Å²) in [5, 5.41) is 4.14. The van der Waals surface area contributed by atoms with Crippen LogP contribution in [0, 0.1) is 0 Å². The van der Waals surface area contributed by atoms with Gasteiger partial charge in [0.2, 0.25) is 0 Å². The zero-order chi connectivity index (χ0) is 13.9. The molecule has 1 aliphatic heterocycles. The van der Waals surface area contributed by atoms with Crippen LogP contribution in [0.2, 0.25) is 5.02 Å². The van der Waals surface area contributed by atoms with Crippen molar-refractivity contribution < 1.29 is 0 Å². The normalized spacial score (nSPS) is 14.1. The van der Waals surface area contributed by atoms with E-state index in [1.165, 1.54) is 17.0 Å². The average molecular weight is 288 g/mol. The third kappa shape index (κ3) is 2.84. The van der Waals surface area contributed by atoms with Gasteiger partial charge in [-0.15, -0.1) is 0 Å². The van der Waals surface area contributed by atoms with Crippen molar-refractivity contribution in [3.63, 3.8) is 0 Å². The Morgan fingerprint density at radius 2 is 2.20 bits per heavy atom. The number of rotatable bonds is 3. The van der Waals surface area contributed by atoms with Crippen LogP contribution in [0.25, 0.3) is 0 Å². The number of hydrogen-bond donors (Lipinski definition) is 1. The monoisotopic (exact) mass is 287 g/mol. The van der Waals surface area contributed by atoms with Crippen molar-refractivity contribution in [1.29, 1.82) is 0 Å². The summed E-state index contributed by atoms with van der Waals surface area (Å²) < 4.78 is 0. The second-order valence-electron chi connectivity index (χ2n) is 5.10. The molecule has 20 heavy (non-hydrogen) atoms. The van der Waals surface area contributed by atoms with Gasteiger partial charge in [-0.2, -0.15) is 0 Å². The molecule has 3 nitrogen and oxygen atoms in total. The SMILES string of the molecule is CCc1nc(Cc2cccc(Cl)c2)nc2c1CCNC2. The van der Waals surface area contributed by atoms with Crippen molar-refractivity contribution in [2.45, 2.75) is 32.7 Å². The molecule has 1 aromatic carbocycles. The van der Waals surface area contributed by atoms with Crippen molar-refractivity contribution in [2.24, 2.45) is 0 Å². The fourth-order valence-electron chi connectivity index (χ4n) is 2.69. The Hall–Kier alpha value is -1.45. The molecular weight excluding hydrogens is 270 g/mol. The zero-order valence-electron chi connectivity index (χ0n) is 11.6. The lowest BCUT2D eigenvalue weighted by Crippen LogP contribution is -2.27. The Morgan fingerprint density at radius 3 is 3.00 bits per heavy atom. The van der Waals surface area contributed by atoms with Gasteiger partial charge in [0.25, 0.3) is 0 Å². The number of fused-ring (bicyclic) bond motifs is 1. The number of hydrogen-bond acceptors (Lipinski definition) is 3. The van der Waals surface area contributed by atoms with Crippen molar-refractivity contribution in [3.8, 4) is 0 Å². The summed E-state index contributed by atoms with van der Waals surface area (Å²) in [7, 11) is 0. The van der Waals surface area contributed by atoms with Crippen molar-refractivity contribution in [1.82, 2.24) is 15.3 Å². The Balaban J connectivity index is 1.94. The predicted molar refractivity (Wildman–Crippen MR) is 81.1 cm³/mol. The minimum absolute atomic E-state index is 0.737. The van der Waals surface area contributed by atoms with Gasteiger partial charge >= 0.3 is 0 Å². The topological polar surface area (TPSA) is 37.8 Å². The Kier molecular flexibility index (Phi) is 3.99. The summed E-state index contributed by atoms with van der Waals surface area (Å²) in [6.07, 6.45) is 2.74. The fourth-order valence-corrected chi connectivity index (χ4v) is 2.91. The fraction of sp³-hybridized carbons (Fsp3) is 0.375. The van der Waals surface area contributed by atoms with Gasteiger partial charge in [0, 0.05) is 23.7 Å². The van der Waals surface area contributed by atoms with Crippen LogP contribution in [0.4, 0.5) is 0 Å². The molecule has 0 amide bonds. The first-order valence-corrected chi connectivity index (χ1v) is 7.46. The number of aryl methyl sites for hydroxylation is 1. The van der Waals surface area contributed by atoms with Crippen LogP contribution in [0.1, 0.15) is 35.3 Å². The number of halogens is 1. The van der Waals surface area contributed by atoms with Crippen LogP contribution in [0.5, 0.6) is 0 Å². The molecule has 1 aliphatic rings. The Labute approximate surface area is 124 Å². The molecule has 0 spiro atoms. The smallest absolute Gasteiger partial charge is 0.133 e. The van der Waals surface area contributed by atoms with Gasteiger partial charge in [-0.3, -0.25) is 0 Å². The van der Waals surface area contributed by atoms with Gasteiger partial charge in [0.15, 0.2) is 0 Å². The number of aromatic nitrogens is 2. The Morgan fingerprint density at radius 1 is 1.30 bits per heavy atom. The maximum Gasteiger partial charge on any atom is 0.133 e. The highest BCUT2D eigenvalue weighted by Gasteiger charge is 2.16. The first kappa shape index (κ1) is 13.5. The van der Waals surface area contributed by atoms with Crippen LogP contribution < -0.4 is 5.32 Å². The molecule has 104 valence electrons. The van der Waals surface area contributed by atoms with Crippen molar-refractivity contribution >= 4 is 11.6 Å². The molecule has 0 bridgehead atoms. The quantitative estimate of drug-likeness (QED) is 0.943. The number of nitrogens with one attached hydrogen (secondary N) is 1. The maximum absolute atomic E-state index is 6.03. The van der Waals surface area contributed by atoms with E-state index < -0.39 is 0 Å². The molecule has 3 rings (SSSR count). The molecule has 1 N–H and O–H groups in total. The van der Waals surface area contributed by atoms with Gasteiger partial charge in [-0.05, 0) is 42.6 Å². The summed E-state index contributed by atoms with van der Waals surface area (Å²) in [6.45, 7) is 4.04. The average Bonchev–Trinajstić information content (AvgIpc) is 2.46. The lowest BCUT2D eigenvalue weighted by Gasteiger charge is -2.19. The lowest BCUT2D eigenvalue weighted by atomic mass is 10.0. The third-order valence-electron chi connectivity index (χ3n) is 3.66. The molecule has 0 atom stereocenters. The minimum Gasteiger partial charge on any atom is -0.311 e. The van der Waals surface area contributed by atoms with Crippen LogP contribution in [-0.2, 0) is 25.8 Å². The highest BCUT2D eigenvalue weighted by molar-refractivity contribution is 6.30. The highest BCUT2D eigenvalue weighted by Crippen LogP contribution is 2.19. The van der Waals surface area contributed by atoms with Crippen molar-refractivity contribution in [3.05, 3.63) is 57.6 Å². The van der Waals surface area contributed by atoms with Crippen LogP contribution >= 0.6 is 11.6 Å².